The summed E-state index contributed by atoms with van der Waals surface area (Å²) < 4.78 is 0. The smallest absolute Gasteiger partial charge is 0.252 e. The summed E-state index contributed by atoms with van der Waals surface area (Å²) in [6.07, 6.45) is 0.692. The van der Waals surface area contributed by atoms with Gasteiger partial charge in [-0.05, 0) is 32.4 Å². The van der Waals surface area contributed by atoms with Gasteiger partial charge in [-0.25, -0.2) is 4.98 Å². The summed E-state index contributed by atoms with van der Waals surface area (Å²) in [7, 11) is 0. The van der Waals surface area contributed by atoms with Crippen molar-refractivity contribution in [1.82, 2.24) is 15.6 Å². The summed E-state index contributed by atoms with van der Waals surface area (Å²) in [5.74, 6) is -0.244. The molecule has 2 amide bonds. The molecule has 0 spiro atoms. The van der Waals surface area contributed by atoms with E-state index in [-0.39, 0.29) is 11.8 Å². The second kappa shape index (κ2) is 6.72. The number of nitrogens with zero attached hydrogens (tertiary/aromatic N) is 1. The molecule has 0 aliphatic heterocycles. The summed E-state index contributed by atoms with van der Waals surface area (Å²) >= 11 is 0. The molecule has 1 heterocycles. The maximum absolute atomic E-state index is 12.0. The van der Waals surface area contributed by atoms with E-state index in [2.05, 4.69) is 15.6 Å². The molecule has 0 aliphatic carbocycles. The topological polar surface area (TPSA) is 97.1 Å². The zero-order valence-corrected chi connectivity index (χ0v) is 11.5. The zero-order valence-electron chi connectivity index (χ0n) is 11.5. The molecule has 0 fully saturated rings. The van der Waals surface area contributed by atoms with Crippen molar-refractivity contribution < 1.29 is 9.59 Å². The molecule has 4 N–H and O–H groups in total. The van der Waals surface area contributed by atoms with E-state index in [9.17, 15) is 9.59 Å². The summed E-state index contributed by atoms with van der Waals surface area (Å²) in [6, 6.07) is 2.58. The van der Waals surface area contributed by atoms with E-state index in [4.69, 9.17) is 5.73 Å². The van der Waals surface area contributed by atoms with Crippen LogP contribution in [0.3, 0.4) is 0 Å². The molecule has 1 aromatic heterocycles. The van der Waals surface area contributed by atoms with Crippen molar-refractivity contribution in [3.05, 3.63) is 23.4 Å². The lowest BCUT2D eigenvalue weighted by Gasteiger charge is -2.13. The predicted octanol–water partition coefficient (Wildman–Crippen LogP) is 0.481. The first kappa shape index (κ1) is 14.9. The molecule has 0 radical (unpaired) electrons. The van der Waals surface area contributed by atoms with Crippen LogP contribution >= 0.6 is 0 Å². The Morgan fingerprint density at radius 1 is 1.37 bits per heavy atom. The Kier molecular flexibility index (Phi) is 5.29. The molecule has 0 aliphatic rings. The van der Waals surface area contributed by atoms with E-state index in [1.165, 1.54) is 6.07 Å². The van der Waals surface area contributed by atoms with Crippen molar-refractivity contribution in [2.24, 2.45) is 0 Å². The van der Waals surface area contributed by atoms with Crippen LogP contribution in [0.15, 0.2) is 12.1 Å². The molecule has 1 aromatic rings. The molecule has 19 heavy (non-hydrogen) atoms. The third-order valence-electron chi connectivity index (χ3n) is 2.61. The minimum atomic E-state index is -0.591. The van der Waals surface area contributed by atoms with E-state index in [0.717, 1.165) is 5.69 Å². The molecule has 0 bridgehead atoms. The maximum atomic E-state index is 12.0. The monoisotopic (exact) mass is 264 g/mol. The summed E-state index contributed by atoms with van der Waals surface area (Å²) in [4.78, 5) is 27.6. The lowest BCUT2D eigenvalue weighted by molar-refractivity contribution is -0.122. The van der Waals surface area contributed by atoms with Crippen LogP contribution in [-0.4, -0.2) is 29.4 Å². The maximum Gasteiger partial charge on any atom is 0.252 e. The first-order valence-electron chi connectivity index (χ1n) is 6.32. The number of likely N-dealkylation sites (N-methyl/N-ethyl adjacent to an activating group) is 1. The van der Waals surface area contributed by atoms with Gasteiger partial charge in [-0.2, -0.15) is 0 Å². The van der Waals surface area contributed by atoms with Crippen molar-refractivity contribution in [2.75, 3.05) is 12.3 Å². The van der Waals surface area contributed by atoms with Gasteiger partial charge in [-0.15, -0.1) is 0 Å². The molecule has 0 saturated heterocycles. The van der Waals surface area contributed by atoms with Gasteiger partial charge in [0.05, 0.1) is 0 Å². The van der Waals surface area contributed by atoms with Gasteiger partial charge in [0.2, 0.25) is 5.91 Å². The quantitative estimate of drug-likeness (QED) is 0.720. The van der Waals surface area contributed by atoms with Gasteiger partial charge < -0.3 is 16.4 Å². The molecule has 6 nitrogen and oxygen atoms in total. The highest BCUT2D eigenvalue weighted by molar-refractivity contribution is 5.97. The van der Waals surface area contributed by atoms with Crippen LogP contribution < -0.4 is 16.4 Å². The Morgan fingerprint density at radius 2 is 2.05 bits per heavy atom. The Balaban J connectivity index is 2.78. The van der Waals surface area contributed by atoms with Crippen LogP contribution in [0.1, 0.15) is 36.8 Å². The van der Waals surface area contributed by atoms with Crippen LogP contribution in [0.5, 0.6) is 0 Å². The summed E-state index contributed by atoms with van der Waals surface area (Å²) in [5, 5.41) is 5.27. The molecule has 1 atom stereocenters. The van der Waals surface area contributed by atoms with E-state index in [1.54, 1.807) is 13.0 Å². The molecule has 0 aromatic carbocycles. The number of carbonyl (C=O) groups excluding carboxylic acids is 2. The fourth-order valence-electron chi connectivity index (χ4n) is 1.60. The number of nitrogen functional groups attached to an aromatic ring is 1. The van der Waals surface area contributed by atoms with Gasteiger partial charge in [0.15, 0.2) is 0 Å². The number of nitrogens with two attached hydrogens (primary N) is 1. The number of rotatable bonds is 5. The molecule has 0 saturated carbocycles. The van der Waals surface area contributed by atoms with Crippen molar-refractivity contribution >= 4 is 17.6 Å². The fourth-order valence-corrected chi connectivity index (χ4v) is 1.60. The van der Waals surface area contributed by atoms with Crippen LogP contribution in [0.25, 0.3) is 0 Å². The lowest BCUT2D eigenvalue weighted by atomic mass is 10.1. The molecule has 1 rings (SSSR count). The second-order valence-corrected chi connectivity index (χ2v) is 4.22. The average molecular weight is 264 g/mol. The zero-order chi connectivity index (χ0) is 14.4. The van der Waals surface area contributed by atoms with Crippen molar-refractivity contribution in [3.63, 3.8) is 0 Å². The number of hydrogen-bond donors (Lipinski definition) is 3. The average Bonchev–Trinajstić information content (AvgIpc) is 2.38. The van der Waals surface area contributed by atoms with E-state index in [0.29, 0.717) is 24.3 Å². The van der Waals surface area contributed by atoms with E-state index >= 15 is 0 Å². The lowest BCUT2D eigenvalue weighted by Crippen LogP contribution is -2.44. The first-order chi connectivity index (χ1) is 8.97. The van der Waals surface area contributed by atoms with Gasteiger partial charge in [0, 0.05) is 17.8 Å². The predicted molar refractivity (Wildman–Crippen MR) is 73.6 cm³/mol. The molecule has 104 valence electrons. The van der Waals surface area contributed by atoms with Crippen LogP contribution in [-0.2, 0) is 11.2 Å². The van der Waals surface area contributed by atoms with Gasteiger partial charge in [0.1, 0.15) is 11.9 Å². The van der Waals surface area contributed by atoms with E-state index < -0.39 is 6.04 Å². The highest BCUT2D eigenvalue weighted by atomic mass is 16.2. The SMILES string of the molecule is CCNC(=O)C(C)NC(=O)c1cc(N)nc(CC)c1. The fraction of sp³-hybridized carbons (Fsp3) is 0.462. The van der Waals surface area contributed by atoms with Crippen molar-refractivity contribution in [2.45, 2.75) is 33.2 Å². The van der Waals surface area contributed by atoms with Gasteiger partial charge in [-0.1, -0.05) is 6.92 Å². The largest absolute Gasteiger partial charge is 0.384 e. The number of anilines is 1. The normalized spacial score (nSPS) is 11.7. The number of aryl methyl sites for hydroxylation is 1. The highest BCUT2D eigenvalue weighted by Crippen LogP contribution is 2.08. The van der Waals surface area contributed by atoms with Crippen LogP contribution in [0, 0.1) is 0 Å². The molecule has 1 unspecified atom stereocenters. The van der Waals surface area contributed by atoms with Gasteiger partial charge in [0.25, 0.3) is 5.91 Å². The number of hydrogen-bond acceptors (Lipinski definition) is 4. The number of carbonyl (C=O) groups is 2. The molecular weight excluding hydrogens is 244 g/mol. The molecular formula is C13H20N4O2. The van der Waals surface area contributed by atoms with Crippen LogP contribution in [0.2, 0.25) is 0 Å². The van der Waals surface area contributed by atoms with Crippen molar-refractivity contribution in [1.29, 1.82) is 0 Å². The third-order valence-corrected chi connectivity index (χ3v) is 2.61. The minimum Gasteiger partial charge on any atom is -0.384 e. The highest BCUT2D eigenvalue weighted by Gasteiger charge is 2.16. The Bertz CT molecular complexity index is 474. The Hall–Kier alpha value is -2.11. The third kappa shape index (κ3) is 4.24. The number of aromatic nitrogens is 1. The Morgan fingerprint density at radius 3 is 2.63 bits per heavy atom. The van der Waals surface area contributed by atoms with E-state index in [1.807, 2.05) is 13.8 Å². The standard InChI is InChI=1S/C13H20N4O2/c1-4-10-6-9(7-11(14)17-10)13(19)16-8(3)12(18)15-5-2/h6-8H,4-5H2,1-3H3,(H2,14,17)(H,15,18)(H,16,19). The van der Waals surface area contributed by atoms with Gasteiger partial charge >= 0.3 is 0 Å². The van der Waals surface area contributed by atoms with Crippen molar-refractivity contribution in [3.8, 4) is 0 Å². The number of pyridine rings is 1. The Labute approximate surface area is 112 Å². The van der Waals surface area contributed by atoms with Crippen LogP contribution in [0.4, 0.5) is 5.82 Å². The van der Waals surface area contributed by atoms with Gasteiger partial charge in [-0.3, -0.25) is 9.59 Å². The number of amides is 2. The summed E-state index contributed by atoms with van der Waals surface area (Å²) in [6.45, 7) is 5.92. The second-order valence-electron chi connectivity index (χ2n) is 4.22. The minimum absolute atomic E-state index is 0.214. The number of nitrogens with one attached hydrogen (secondary N) is 2. The molecule has 6 heteroatoms. The summed E-state index contributed by atoms with van der Waals surface area (Å²) in [5.41, 5.74) is 6.80. The first-order valence-corrected chi connectivity index (χ1v) is 6.32.